The Balaban J connectivity index is 1.66. The molecule has 0 aliphatic carbocycles. The average Bonchev–Trinajstić information content (AvgIpc) is 2.66. The molecule has 7 heteroatoms. The molecule has 6 nitrogen and oxygen atoms in total. The molecular weight excluding hydrogens is 380 g/mol. The smallest absolute Gasteiger partial charge is 0.271 e. The van der Waals surface area contributed by atoms with Crippen LogP contribution < -0.4 is 10.2 Å². The summed E-state index contributed by atoms with van der Waals surface area (Å²) < 4.78 is 5.82. The Kier molecular flexibility index (Phi) is 6.14. The Bertz CT molecular complexity index is 1000. The van der Waals surface area contributed by atoms with Crippen molar-refractivity contribution in [2.75, 3.05) is 0 Å². The molecule has 3 aromatic rings. The lowest BCUT2D eigenvalue weighted by atomic mass is 10.2. The van der Waals surface area contributed by atoms with E-state index in [-0.39, 0.29) is 17.1 Å². The summed E-state index contributed by atoms with van der Waals surface area (Å²) >= 11 is 5.98. The summed E-state index contributed by atoms with van der Waals surface area (Å²) in [6, 6.07) is 18.2. The molecule has 3 aromatic carbocycles. The number of amides is 1. The number of nitrogens with zero attached hydrogens (tertiary/aromatic N) is 1. The van der Waals surface area contributed by atoms with Gasteiger partial charge in [0.1, 0.15) is 23.9 Å². The highest BCUT2D eigenvalue weighted by Gasteiger charge is 2.08. The minimum atomic E-state index is -0.570. The Morgan fingerprint density at radius 3 is 2.54 bits per heavy atom. The van der Waals surface area contributed by atoms with Crippen LogP contribution >= 0.6 is 11.6 Å². The monoisotopic (exact) mass is 396 g/mol. The Morgan fingerprint density at radius 1 is 1.04 bits per heavy atom. The summed E-state index contributed by atoms with van der Waals surface area (Å²) in [6.45, 7) is 0.334. The van der Waals surface area contributed by atoms with Crippen molar-refractivity contribution in [3.63, 3.8) is 0 Å². The van der Waals surface area contributed by atoms with Crippen LogP contribution in [0.25, 0.3) is 0 Å². The molecule has 28 heavy (non-hydrogen) atoms. The van der Waals surface area contributed by atoms with Crippen LogP contribution in [0.5, 0.6) is 17.2 Å². The predicted octanol–water partition coefficient (Wildman–Crippen LogP) is 4.09. The summed E-state index contributed by atoms with van der Waals surface area (Å²) in [5, 5.41) is 23.5. The van der Waals surface area contributed by atoms with Gasteiger partial charge in [-0.25, -0.2) is 5.43 Å². The molecule has 142 valence electrons. The second-order valence-corrected chi connectivity index (χ2v) is 6.33. The van der Waals surface area contributed by atoms with Gasteiger partial charge in [0, 0.05) is 22.2 Å². The number of carbonyl (C=O) groups is 1. The molecule has 0 bridgehead atoms. The normalized spacial score (nSPS) is 10.8. The van der Waals surface area contributed by atoms with E-state index in [9.17, 15) is 15.0 Å². The fraction of sp³-hybridized carbons (Fsp3) is 0.0476. The number of hydrazone groups is 1. The molecule has 0 radical (unpaired) electrons. The van der Waals surface area contributed by atoms with Gasteiger partial charge in [0.25, 0.3) is 5.91 Å². The zero-order chi connectivity index (χ0) is 19.9. The highest BCUT2D eigenvalue weighted by molar-refractivity contribution is 6.30. The third-order valence-corrected chi connectivity index (χ3v) is 3.97. The number of carbonyl (C=O) groups excluding carboxylic acids is 1. The SMILES string of the molecule is O=C(N/N=C\c1ccccc1OCc1cccc(Cl)c1)c1cc(O)cc(O)c1. The number of halogens is 1. The van der Waals surface area contributed by atoms with Gasteiger partial charge in [0.05, 0.1) is 6.21 Å². The van der Waals surface area contributed by atoms with Gasteiger partial charge < -0.3 is 14.9 Å². The van der Waals surface area contributed by atoms with E-state index in [0.29, 0.717) is 22.9 Å². The summed E-state index contributed by atoms with van der Waals surface area (Å²) in [5.74, 6) is -0.405. The number of aromatic hydroxyl groups is 2. The second-order valence-electron chi connectivity index (χ2n) is 5.89. The molecule has 1 amide bonds. The number of nitrogens with one attached hydrogen (secondary N) is 1. The lowest BCUT2D eigenvalue weighted by Crippen LogP contribution is -2.17. The van der Waals surface area contributed by atoms with Crippen molar-refractivity contribution in [1.29, 1.82) is 0 Å². The van der Waals surface area contributed by atoms with Crippen LogP contribution in [-0.2, 0) is 6.61 Å². The molecule has 0 aliphatic rings. The fourth-order valence-corrected chi connectivity index (χ4v) is 2.67. The standard InChI is InChI=1S/C21H17ClN2O4/c22-17-6-3-4-14(8-17)13-28-20-7-2-1-5-15(20)12-23-24-21(27)16-9-18(25)11-19(26)10-16/h1-12,25-26H,13H2,(H,24,27)/b23-12-. The molecule has 0 aliphatic heterocycles. The Morgan fingerprint density at radius 2 is 1.79 bits per heavy atom. The van der Waals surface area contributed by atoms with E-state index in [2.05, 4.69) is 10.5 Å². The number of para-hydroxylation sites is 1. The van der Waals surface area contributed by atoms with Crippen LogP contribution in [0.3, 0.4) is 0 Å². The van der Waals surface area contributed by atoms with Gasteiger partial charge in [-0.3, -0.25) is 4.79 Å². The molecule has 0 heterocycles. The Hall–Kier alpha value is -3.51. The summed E-state index contributed by atoms with van der Waals surface area (Å²) in [4.78, 5) is 12.1. The molecule has 0 unspecified atom stereocenters. The van der Waals surface area contributed by atoms with Gasteiger partial charge in [-0.05, 0) is 42.0 Å². The number of hydrogen-bond donors (Lipinski definition) is 3. The van der Waals surface area contributed by atoms with Gasteiger partial charge in [0.2, 0.25) is 0 Å². The van der Waals surface area contributed by atoms with Crippen LogP contribution in [-0.4, -0.2) is 22.3 Å². The lowest BCUT2D eigenvalue weighted by molar-refractivity contribution is 0.0954. The van der Waals surface area contributed by atoms with E-state index in [4.69, 9.17) is 16.3 Å². The summed E-state index contributed by atoms with van der Waals surface area (Å²) in [6.07, 6.45) is 1.45. The number of benzene rings is 3. The van der Waals surface area contributed by atoms with E-state index in [1.54, 1.807) is 18.2 Å². The zero-order valence-corrected chi connectivity index (χ0v) is 15.4. The third-order valence-electron chi connectivity index (χ3n) is 3.74. The van der Waals surface area contributed by atoms with Crippen LogP contribution in [0.2, 0.25) is 5.02 Å². The van der Waals surface area contributed by atoms with Crippen LogP contribution in [0, 0.1) is 0 Å². The lowest BCUT2D eigenvalue weighted by Gasteiger charge is -2.09. The van der Waals surface area contributed by atoms with Crippen molar-refractivity contribution < 1.29 is 19.7 Å². The predicted molar refractivity (Wildman–Crippen MR) is 107 cm³/mol. The molecule has 3 N–H and O–H groups in total. The molecule has 0 fully saturated rings. The number of hydrogen-bond acceptors (Lipinski definition) is 5. The van der Waals surface area contributed by atoms with Gasteiger partial charge in [0.15, 0.2) is 0 Å². The average molecular weight is 397 g/mol. The highest BCUT2D eigenvalue weighted by atomic mass is 35.5. The van der Waals surface area contributed by atoms with Crippen molar-refractivity contribution in [1.82, 2.24) is 5.43 Å². The van der Waals surface area contributed by atoms with Crippen LogP contribution in [0.4, 0.5) is 0 Å². The molecule has 3 rings (SSSR count). The largest absolute Gasteiger partial charge is 0.508 e. The van der Waals surface area contributed by atoms with E-state index in [1.807, 2.05) is 30.3 Å². The van der Waals surface area contributed by atoms with E-state index < -0.39 is 5.91 Å². The second kappa shape index (κ2) is 8.92. The van der Waals surface area contributed by atoms with Crippen LogP contribution in [0.15, 0.2) is 71.8 Å². The first-order valence-electron chi connectivity index (χ1n) is 8.34. The summed E-state index contributed by atoms with van der Waals surface area (Å²) in [5.41, 5.74) is 4.03. The van der Waals surface area contributed by atoms with E-state index >= 15 is 0 Å². The van der Waals surface area contributed by atoms with E-state index in [0.717, 1.165) is 11.6 Å². The molecule has 0 atom stereocenters. The first kappa shape index (κ1) is 19.3. The van der Waals surface area contributed by atoms with Crippen molar-refractivity contribution in [2.45, 2.75) is 6.61 Å². The van der Waals surface area contributed by atoms with Gasteiger partial charge in [-0.15, -0.1) is 0 Å². The van der Waals surface area contributed by atoms with E-state index in [1.165, 1.54) is 18.3 Å². The first-order chi connectivity index (χ1) is 13.5. The number of ether oxygens (including phenoxy) is 1. The Labute approximate surface area is 166 Å². The maximum atomic E-state index is 12.1. The molecule has 0 saturated carbocycles. The van der Waals surface area contributed by atoms with Gasteiger partial charge >= 0.3 is 0 Å². The first-order valence-corrected chi connectivity index (χ1v) is 8.72. The fourth-order valence-electron chi connectivity index (χ4n) is 2.46. The van der Waals surface area contributed by atoms with Gasteiger partial charge in [-0.2, -0.15) is 5.10 Å². The van der Waals surface area contributed by atoms with Crippen molar-refractivity contribution in [3.05, 3.63) is 88.4 Å². The topological polar surface area (TPSA) is 91.2 Å². The third kappa shape index (κ3) is 5.25. The zero-order valence-electron chi connectivity index (χ0n) is 14.7. The minimum absolute atomic E-state index is 0.0835. The maximum Gasteiger partial charge on any atom is 0.271 e. The van der Waals surface area contributed by atoms with Crippen molar-refractivity contribution in [2.24, 2.45) is 5.10 Å². The quantitative estimate of drug-likeness (QED) is 0.432. The van der Waals surface area contributed by atoms with Crippen LogP contribution in [0.1, 0.15) is 21.5 Å². The molecule has 0 aromatic heterocycles. The minimum Gasteiger partial charge on any atom is -0.508 e. The highest BCUT2D eigenvalue weighted by Crippen LogP contribution is 2.21. The van der Waals surface area contributed by atoms with Gasteiger partial charge in [-0.1, -0.05) is 35.9 Å². The molecule has 0 saturated heterocycles. The molecular formula is C21H17ClN2O4. The number of phenolic OH excluding ortho intramolecular Hbond substituents is 2. The summed E-state index contributed by atoms with van der Waals surface area (Å²) in [7, 11) is 0. The maximum absolute atomic E-state index is 12.1. The number of phenols is 2. The molecule has 0 spiro atoms. The van der Waals surface area contributed by atoms with Crippen molar-refractivity contribution >= 4 is 23.7 Å². The number of rotatable bonds is 6. The van der Waals surface area contributed by atoms with Crippen molar-refractivity contribution in [3.8, 4) is 17.2 Å².